The van der Waals surface area contributed by atoms with Gasteiger partial charge in [0.2, 0.25) is 0 Å². The number of aliphatic carboxylic acids is 1. The summed E-state index contributed by atoms with van der Waals surface area (Å²) >= 11 is 0. The molecule has 0 amide bonds. The van der Waals surface area contributed by atoms with Gasteiger partial charge in [0.15, 0.2) is 0 Å². The highest BCUT2D eigenvalue weighted by atomic mass is 32.2. The number of benzene rings is 1. The first-order chi connectivity index (χ1) is 9.58. The molecule has 0 heterocycles. The van der Waals surface area contributed by atoms with Crippen molar-refractivity contribution in [3.63, 3.8) is 0 Å². The number of carboxylic acids is 1. The van der Waals surface area contributed by atoms with E-state index < -0.39 is 17.0 Å². The summed E-state index contributed by atoms with van der Waals surface area (Å²) in [6.07, 6.45) is 4.70. The van der Waals surface area contributed by atoms with E-state index in [4.69, 9.17) is 0 Å². The average Bonchev–Trinajstić information content (AvgIpc) is 2.46. The van der Waals surface area contributed by atoms with E-state index in [9.17, 15) is 14.1 Å². The zero-order valence-corrected chi connectivity index (χ0v) is 12.3. The zero-order chi connectivity index (χ0) is 14.5. The number of hydrogen-bond donors (Lipinski definition) is 2. The van der Waals surface area contributed by atoms with Crippen LogP contribution in [-0.4, -0.2) is 15.3 Å². The van der Waals surface area contributed by atoms with Crippen LogP contribution in [0.15, 0.2) is 40.4 Å². The fourth-order valence-corrected chi connectivity index (χ4v) is 3.23. The third-order valence-electron chi connectivity index (χ3n) is 3.45. The summed E-state index contributed by atoms with van der Waals surface area (Å²) < 4.78 is 14.9. The monoisotopic (exact) mass is 293 g/mol. The molecule has 2 rings (SSSR count). The smallest absolute Gasteiger partial charge is 0.352 e. The summed E-state index contributed by atoms with van der Waals surface area (Å²) in [5, 5.41) is 9.31. The molecule has 1 aliphatic carbocycles. The van der Waals surface area contributed by atoms with Crippen LogP contribution in [0.2, 0.25) is 0 Å². The van der Waals surface area contributed by atoms with Gasteiger partial charge in [-0.25, -0.2) is 9.00 Å². The molecule has 1 saturated carbocycles. The quantitative estimate of drug-likeness (QED) is 0.839. The van der Waals surface area contributed by atoms with Gasteiger partial charge in [-0.2, -0.15) is 0 Å². The number of hydrogen-bond acceptors (Lipinski definition) is 2. The maximum Gasteiger partial charge on any atom is 0.352 e. The van der Waals surface area contributed by atoms with Crippen molar-refractivity contribution in [2.75, 3.05) is 0 Å². The molecule has 1 unspecified atom stereocenters. The number of allylic oxidation sites excluding steroid dienone is 1. The van der Waals surface area contributed by atoms with Crippen molar-refractivity contribution in [2.24, 2.45) is 0 Å². The Hall–Kier alpha value is -1.62. The molecule has 0 bridgehead atoms. The van der Waals surface area contributed by atoms with E-state index in [1.54, 1.807) is 12.1 Å². The van der Waals surface area contributed by atoms with Crippen LogP contribution in [0.4, 0.5) is 0 Å². The maximum atomic E-state index is 12.2. The summed E-state index contributed by atoms with van der Waals surface area (Å²) in [6.45, 7) is 1.95. The fourth-order valence-electron chi connectivity index (χ4n) is 2.31. The Morgan fingerprint density at radius 1 is 1.15 bits per heavy atom. The Balaban J connectivity index is 2.18. The van der Waals surface area contributed by atoms with Gasteiger partial charge >= 0.3 is 5.97 Å². The Kier molecular flexibility index (Phi) is 4.95. The lowest BCUT2D eigenvalue weighted by molar-refractivity contribution is -0.133. The first kappa shape index (κ1) is 14.8. The minimum absolute atomic E-state index is 0.114. The second kappa shape index (κ2) is 6.70. The molecule has 1 aromatic carbocycles. The van der Waals surface area contributed by atoms with E-state index in [0.717, 1.165) is 43.2 Å². The summed E-state index contributed by atoms with van der Waals surface area (Å²) in [7, 11) is -1.53. The molecule has 0 aromatic heterocycles. The van der Waals surface area contributed by atoms with Crippen LogP contribution in [0.3, 0.4) is 0 Å². The van der Waals surface area contributed by atoms with E-state index in [1.165, 1.54) is 0 Å². The van der Waals surface area contributed by atoms with Crippen LogP contribution >= 0.6 is 0 Å². The fraction of sp³-hybridized carbons (Fsp3) is 0.400. The largest absolute Gasteiger partial charge is 0.477 e. The molecule has 108 valence electrons. The predicted molar refractivity (Wildman–Crippen MR) is 78.5 cm³/mol. The van der Waals surface area contributed by atoms with Crippen LogP contribution in [0, 0.1) is 6.92 Å². The van der Waals surface area contributed by atoms with E-state index in [2.05, 4.69) is 4.72 Å². The molecule has 5 heteroatoms. The van der Waals surface area contributed by atoms with Crippen molar-refractivity contribution in [3.8, 4) is 0 Å². The van der Waals surface area contributed by atoms with Crippen molar-refractivity contribution >= 4 is 17.0 Å². The van der Waals surface area contributed by atoms with Crippen molar-refractivity contribution in [2.45, 2.75) is 43.9 Å². The molecule has 0 aliphatic heterocycles. The molecule has 1 atom stereocenters. The second-order valence-electron chi connectivity index (χ2n) is 5.03. The molecule has 2 N–H and O–H groups in total. The van der Waals surface area contributed by atoms with Crippen LogP contribution in [0.1, 0.15) is 37.7 Å². The Morgan fingerprint density at radius 2 is 1.75 bits per heavy atom. The van der Waals surface area contributed by atoms with Gasteiger partial charge in [0.25, 0.3) is 0 Å². The first-order valence-electron chi connectivity index (χ1n) is 6.78. The Bertz CT molecular complexity index is 541. The first-order valence-corrected chi connectivity index (χ1v) is 7.93. The highest BCUT2D eigenvalue weighted by molar-refractivity contribution is 7.83. The predicted octanol–water partition coefficient (Wildman–Crippen LogP) is 2.91. The number of nitrogens with one attached hydrogen (secondary N) is 1. The lowest BCUT2D eigenvalue weighted by atomic mass is 9.93. The second-order valence-corrected chi connectivity index (χ2v) is 6.24. The standard InChI is InChI=1S/C15H19NO3S/c1-11-7-9-13(10-8-11)20(19)16-14(15(17)18)12-5-3-2-4-6-12/h7-10,16H,2-6H2,1H3,(H,17,18). The lowest BCUT2D eigenvalue weighted by Gasteiger charge is -2.17. The van der Waals surface area contributed by atoms with Crippen LogP contribution in [0.5, 0.6) is 0 Å². The van der Waals surface area contributed by atoms with Crippen molar-refractivity contribution in [1.82, 2.24) is 4.72 Å². The maximum absolute atomic E-state index is 12.2. The van der Waals surface area contributed by atoms with Gasteiger partial charge in [-0.15, -0.1) is 0 Å². The number of carbonyl (C=O) groups is 1. The number of rotatable bonds is 4. The van der Waals surface area contributed by atoms with Gasteiger partial charge in [0.05, 0.1) is 4.90 Å². The Morgan fingerprint density at radius 3 is 2.30 bits per heavy atom. The van der Waals surface area contributed by atoms with Crippen LogP contribution in [0.25, 0.3) is 0 Å². The van der Waals surface area contributed by atoms with Gasteiger partial charge in [0.1, 0.15) is 16.7 Å². The molecular formula is C15H19NO3S. The molecule has 0 radical (unpaired) electrons. The Labute approximate surface area is 121 Å². The van der Waals surface area contributed by atoms with Gasteiger partial charge < -0.3 is 5.11 Å². The third kappa shape index (κ3) is 3.70. The SMILES string of the molecule is Cc1ccc(S(=O)NC(C(=O)O)=C2CCCCC2)cc1. The van der Waals surface area contributed by atoms with Crippen molar-refractivity contribution in [3.05, 3.63) is 41.1 Å². The minimum atomic E-state index is -1.53. The average molecular weight is 293 g/mol. The number of aryl methyl sites for hydroxylation is 1. The highest BCUT2D eigenvalue weighted by Gasteiger charge is 2.19. The summed E-state index contributed by atoms with van der Waals surface area (Å²) in [5.74, 6) is -1.03. The number of carboxylic acid groups (broad SMARTS) is 1. The molecule has 20 heavy (non-hydrogen) atoms. The van der Waals surface area contributed by atoms with Crippen LogP contribution in [-0.2, 0) is 15.8 Å². The lowest BCUT2D eigenvalue weighted by Crippen LogP contribution is -2.25. The summed E-state index contributed by atoms with van der Waals surface area (Å²) in [6, 6.07) is 7.24. The minimum Gasteiger partial charge on any atom is -0.477 e. The topological polar surface area (TPSA) is 66.4 Å². The molecule has 4 nitrogen and oxygen atoms in total. The third-order valence-corrected chi connectivity index (χ3v) is 4.54. The van der Waals surface area contributed by atoms with Crippen LogP contribution < -0.4 is 4.72 Å². The van der Waals surface area contributed by atoms with E-state index >= 15 is 0 Å². The highest BCUT2D eigenvalue weighted by Crippen LogP contribution is 2.25. The molecule has 1 aliphatic rings. The molecule has 1 fully saturated rings. The van der Waals surface area contributed by atoms with Gasteiger partial charge in [-0.1, -0.05) is 24.1 Å². The van der Waals surface area contributed by atoms with Gasteiger partial charge in [-0.3, -0.25) is 4.72 Å². The normalized spacial score (nSPS) is 16.6. The van der Waals surface area contributed by atoms with E-state index in [0.29, 0.717) is 4.90 Å². The molecule has 0 saturated heterocycles. The summed E-state index contributed by atoms with van der Waals surface area (Å²) in [4.78, 5) is 12.0. The van der Waals surface area contributed by atoms with Gasteiger partial charge in [-0.05, 0) is 50.3 Å². The van der Waals surface area contributed by atoms with E-state index in [1.807, 2.05) is 19.1 Å². The molecule has 0 spiro atoms. The van der Waals surface area contributed by atoms with Gasteiger partial charge in [0, 0.05) is 0 Å². The van der Waals surface area contributed by atoms with E-state index in [-0.39, 0.29) is 5.70 Å². The van der Waals surface area contributed by atoms with Crippen molar-refractivity contribution in [1.29, 1.82) is 0 Å². The molecule has 1 aromatic rings. The van der Waals surface area contributed by atoms with Crippen molar-refractivity contribution < 1.29 is 14.1 Å². The summed E-state index contributed by atoms with van der Waals surface area (Å²) in [5.41, 5.74) is 2.07. The molecular weight excluding hydrogens is 274 g/mol. The zero-order valence-electron chi connectivity index (χ0n) is 11.5.